The molecule has 2 N–H and O–H groups in total. The van der Waals surface area contributed by atoms with Gasteiger partial charge in [0.25, 0.3) is 5.91 Å². The van der Waals surface area contributed by atoms with Gasteiger partial charge in [0, 0.05) is 31.6 Å². The number of nitrogens with zero attached hydrogens (tertiary/aromatic N) is 1. The van der Waals surface area contributed by atoms with Gasteiger partial charge in [-0.2, -0.15) is 0 Å². The molecule has 2 rings (SSSR count). The zero-order valence-electron chi connectivity index (χ0n) is 14.3. The van der Waals surface area contributed by atoms with Crippen molar-refractivity contribution in [2.75, 3.05) is 13.1 Å². The zero-order valence-corrected chi connectivity index (χ0v) is 14.3. The molecule has 6 heteroatoms. The van der Waals surface area contributed by atoms with Crippen LogP contribution in [0.15, 0.2) is 24.3 Å². The Morgan fingerprint density at radius 3 is 2.54 bits per heavy atom. The fraction of sp³-hybridized carbons (Fsp3) is 0.500. The minimum absolute atomic E-state index is 0.184. The van der Waals surface area contributed by atoms with Crippen molar-refractivity contribution in [3.8, 4) is 0 Å². The van der Waals surface area contributed by atoms with E-state index in [1.807, 2.05) is 24.0 Å². The highest BCUT2D eigenvalue weighted by Crippen LogP contribution is 2.14. The van der Waals surface area contributed by atoms with E-state index in [2.05, 4.69) is 10.6 Å². The first-order valence-corrected chi connectivity index (χ1v) is 8.46. The van der Waals surface area contributed by atoms with Crippen molar-refractivity contribution in [1.29, 1.82) is 0 Å². The lowest BCUT2D eigenvalue weighted by Gasteiger charge is -2.16. The standard InChI is InChI=1S/C18H25N3O3/c1-3-10-19-17(23)13(2)20-18(24)15-8-6-14(7-9-15)12-21-11-4-5-16(21)22/h6-9,13H,3-5,10-12H2,1-2H3,(H,19,23)(H,20,24). The number of rotatable bonds is 7. The van der Waals surface area contributed by atoms with Gasteiger partial charge in [-0.15, -0.1) is 0 Å². The topological polar surface area (TPSA) is 78.5 Å². The first-order chi connectivity index (χ1) is 11.5. The van der Waals surface area contributed by atoms with Crippen LogP contribution in [0, 0.1) is 0 Å². The van der Waals surface area contributed by atoms with E-state index in [1.165, 1.54) is 0 Å². The number of carbonyl (C=O) groups excluding carboxylic acids is 3. The van der Waals surface area contributed by atoms with Gasteiger partial charge in [0.15, 0.2) is 0 Å². The predicted octanol–water partition coefficient (Wildman–Crippen LogP) is 1.45. The molecule has 3 amide bonds. The van der Waals surface area contributed by atoms with Gasteiger partial charge in [-0.25, -0.2) is 0 Å². The highest BCUT2D eigenvalue weighted by molar-refractivity contribution is 5.97. The SMILES string of the molecule is CCCNC(=O)C(C)NC(=O)c1ccc(CN2CCCC2=O)cc1. The second kappa shape index (κ2) is 8.47. The number of nitrogens with one attached hydrogen (secondary N) is 2. The molecule has 0 aromatic heterocycles. The van der Waals surface area contributed by atoms with Crippen molar-refractivity contribution in [3.63, 3.8) is 0 Å². The van der Waals surface area contributed by atoms with Crippen molar-refractivity contribution >= 4 is 17.7 Å². The molecule has 0 bridgehead atoms. The van der Waals surface area contributed by atoms with Crippen LogP contribution in [0.4, 0.5) is 0 Å². The molecule has 1 aliphatic rings. The molecule has 130 valence electrons. The molecule has 24 heavy (non-hydrogen) atoms. The lowest BCUT2D eigenvalue weighted by Crippen LogP contribution is -2.45. The molecule has 1 aliphatic heterocycles. The summed E-state index contributed by atoms with van der Waals surface area (Å²) < 4.78 is 0. The van der Waals surface area contributed by atoms with Crippen LogP contribution >= 0.6 is 0 Å². The van der Waals surface area contributed by atoms with Crippen molar-refractivity contribution < 1.29 is 14.4 Å². The largest absolute Gasteiger partial charge is 0.354 e. The van der Waals surface area contributed by atoms with Gasteiger partial charge in [-0.1, -0.05) is 19.1 Å². The van der Waals surface area contributed by atoms with Crippen LogP contribution in [-0.4, -0.2) is 41.8 Å². The summed E-state index contributed by atoms with van der Waals surface area (Å²) >= 11 is 0. The first-order valence-electron chi connectivity index (χ1n) is 8.46. The van der Waals surface area contributed by atoms with E-state index in [0.717, 1.165) is 24.9 Å². The molecule has 1 atom stereocenters. The molecule has 1 fully saturated rings. The van der Waals surface area contributed by atoms with E-state index in [4.69, 9.17) is 0 Å². The first kappa shape index (κ1) is 18.0. The molecule has 1 saturated heterocycles. The van der Waals surface area contributed by atoms with E-state index in [1.54, 1.807) is 19.1 Å². The average molecular weight is 331 g/mol. The van der Waals surface area contributed by atoms with Gasteiger partial charge in [0.1, 0.15) is 6.04 Å². The van der Waals surface area contributed by atoms with Crippen LogP contribution in [0.2, 0.25) is 0 Å². The van der Waals surface area contributed by atoms with Crippen LogP contribution in [0.25, 0.3) is 0 Å². The van der Waals surface area contributed by atoms with E-state index in [0.29, 0.717) is 25.1 Å². The minimum Gasteiger partial charge on any atom is -0.354 e. The van der Waals surface area contributed by atoms with Crippen LogP contribution in [-0.2, 0) is 16.1 Å². The minimum atomic E-state index is -0.578. The molecule has 0 saturated carbocycles. The zero-order chi connectivity index (χ0) is 17.5. The maximum atomic E-state index is 12.2. The van der Waals surface area contributed by atoms with Crippen LogP contribution in [0.1, 0.15) is 49.0 Å². The number of likely N-dealkylation sites (tertiary alicyclic amines) is 1. The Balaban J connectivity index is 1.88. The Morgan fingerprint density at radius 1 is 1.25 bits per heavy atom. The maximum absolute atomic E-state index is 12.2. The third-order valence-corrected chi connectivity index (χ3v) is 4.05. The second-order valence-electron chi connectivity index (χ2n) is 6.10. The fourth-order valence-corrected chi connectivity index (χ4v) is 2.60. The molecule has 1 heterocycles. The Bertz CT molecular complexity index is 598. The van der Waals surface area contributed by atoms with Crippen molar-refractivity contribution in [3.05, 3.63) is 35.4 Å². The Hall–Kier alpha value is -2.37. The van der Waals surface area contributed by atoms with Crippen molar-refractivity contribution in [2.24, 2.45) is 0 Å². The number of benzene rings is 1. The lowest BCUT2D eigenvalue weighted by molar-refractivity contribution is -0.128. The van der Waals surface area contributed by atoms with E-state index in [-0.39, 0.29) is 17.7 Å². The molecule has 0 radical (unpaired) electrons. The molecule has 0 aliphatic carbocycles. The third kappa shape index (κ3) is 4.81. The Labute approximate surface area is 142 Å². The molecule has 1 aromatic carbocycles. The summed E-state index contributed by atoms with van der Waals surface area (Å²) in [6.45, 7) is 5.61. The summed E-state index contributed by atoms with van der Waals surface area (Å²) in [5, 5.41) is 5.44. The van der Waals surface area contributed by atoms with Crippen LogP contribution < -0.4 is 10.6 Å². The van der Waals surface area contributed by atoms with Crippen LogP contribution in [0.3, 0.4) is 0 Å². The monoisotopic (exact) mass is 331 g/mol. The Morgan fingerprint density at radius 2 is 1.96 bits per heavy atom. The molecular formula is C18H25N3O3. The number of hydrogen-bond donors (Lipinski definition) is 2. The molecule has 1 aromatic rings. The summed E-state index contributed by atoms with van der Waals surface area (Å²) in [6.07, 6.45) is 2.39. The van der Waals surface area contributed by atoms with E-state index < -0.39 is 6.04 Å². The van der Waals surface area contributed by atoms with Gasteiger partial charge in [0.05, 0.1) is 0 Å². The van der Waals surface area contributed by atoms with Gasteiger partial charge >= 0.3 is 0 Å². The number of carbonyl (C=O) groups is 3. The van der Waals surface area contributed by atoms with Crippen LogP contribution in [0.5, 0.6) is 0 Å². The second-order valence-corrected chi connectivity index (χ2v) is 6.10. The van der Waals surface area contributed by atoms with Gasteiger partial charge < -0.3 is 15.5 Å². The fourth-order valence-electron chi connectivity index (χ4n) is 2.60. The van der Waals surface area contributed by atoms with E-state index >= 15 is 0 Å². The highest BCUT2D eigenvalue weighted by atomic mass is 16.2. The highest BCUT2D eigenvalue weighted by Gasteiger charge is 2.20. The van der Waals surface area contributed by atoms with E-state index in [9.17, 15) is 14.4 Å². The smallest absolute Gasteiger partial charge is 0.251 e. The van der Waals surface area contributed by atoms with Gasteiger partial charge in [-0.3, -0.25) is 14.4 Å². The quantitative estimate of drug-likeness (QED) is 0.794. The molecule has 0 spiro atoms. The number of amides is 3. The number of hydrogen-bond acceptors (Lipinski definition) is 3. The summed E-state index contributed by atoms with van der Waals surface area (Å²) in [5.74, 6) is -0.281. The third-order valence-electron chi connectivity index (χ3n) is 4.05. The summed E-state index contributed by atoms with van der Waals surface area (Å²) in [6, 6.07) is 6.57. The van der Waals surface area contributed by atoms with Crippen molar-refractivity contribution in [2.45, 2.75) is 45.7 Å². The summed E-state index contributed by atoms with van der Waals surface area (Å²) in [7, 11) is 0. The molecular weight excluding hydrogens is 306 g/mol. The van der Waals surface area contributed by atoms with Crippen molar-refractivity contribution in [1.82, 2.24) is 15.5 Å². The lowest BCUT2D eigenvalue weighted by atomic mass is 10.1. The summed E-state index contributed by atoms with van der Waals surface area (Å²) in [5.41, 5.74) is 1.50. The van der Waals surface area contributed by atoms with Gasteiger partial charge in [-0.05, 0) is 37.5 Å². The normalized spacial score (nSPS) is 15.2. The maximum Gasteiger partial charge on any atom is 0.251 e. The predicted molar refractivity (Wildman–Crippen MR) is 91.3 cm³/mol. The van der Waals surface area contributed by atoms with Gasteiger partial charge in [0.2, 0.25) is 11.8 Å². The Kier molecular flexibility index (Phi) is 6.35. The summed E-state index contributed by atoms with van der Waals surface area (Å²) in [4.78, 5) is 37.4. The average Bonchev–Trinajstić information content (AvgIpc) is 2.98. The molecule has 1 unspecified atom stereocenters. The molecule has 6 nitrogen and oxygen atoms in total.